The zero-order chi connectivity index (χ0) is 14.5. The van der Waals surface area contributed by atoms with Gasteiger partial charge in [0.05, 0.1) is 0 Å². The first-order valence-electron chi connectivity index (χ1n) is 6.75. The number of benzene rings is 3. The van der Waals surface area contributed by atoms with Crippen molar-refractivity contribution in [2.75, 3.05) is 0 Å². The fraction of sp³-hybridized carbons (Fsp3) is 0. The second-order valence-electron chi connectivity index (χ2n) is 4.63. The van der Waals surface area contributed by atoms with E-state index in [4.69, 9.17) is 0 Å². The van der Waals surface area contributed by atoms with Crippen molar-refractivity contribution in [2.24, 2.45) is 0 Å². The Labute approximate surface area is 129 Å². The minimum atomic E-state index is -2.73. The van der Waals surface area contributed by atoms with Crippen LogP contribution >= 0.6 is 17.7 Å². The largest absolute Gasteiger partial charge is 0.302 e. The van der Waals surface area contributed by atoms with Crippen molar-refractivity contribution >= 4 is 28.3 Å². The fourth-order valence-electron chi connectivity index (χ4n) is 2.13. The molecule has 0 spiro atoms. The van der Waals surface area contributed by atoms with Crippen molar-refractivity contribution < 1.29 is 4.57 Å². The first-order valence-corrected chi connectivity index (χ1v) is 9.88. The standard InChI is InChI=1S/C18H15OPS/c19-20(16-10-4-1-5-11-16,17-12-6-2-7-13-17)21-18-14-8-3-9-15-18/h1-15H. The Morgan fingerprint density at radius 3 is 1.38 bits per heavy atom. The van der Waals surface area contributed by atoms with Gasteiger partial charge in [0.25, 0.3) is 0 Å². The third kappa shape index (κ3) is 3.12. The van der Waals surface area contributed by atoms with Gasteiger partial charge in [-0.2, -0.15) is 0 Å². The van der Waals surface area contributed by atoms with Crippen LogP contribution in [-0.4, -0.2) is 0 Å². The Kier molecular flexibility index (Phi) is 4.28. The highest BCUT2D eigenvalue weighted by atomic mass is 32.7. The molecule has 0 unspecified atom stereocenters. The van der Waals surface area contributed by atoms with Crippen LogP contribution in [0.5, 0.6) is 0 Å². The van der Waals surface area contributed by atoms with Gasteiger partial charge in [-0.25, -0.2) is 0 Å². The Morgan fingerprint density at radius 2 is 0.952 bits per heavy atom. The quantitative estimate of drug-likeness (QED) is 0.649. The van der Waals surface area contributed by atoms with Crippen LogP contribution in [0.2, 0.25) is 0 Å². The summed E-state index contributed by atoms with van der Waals surface area (Å²) in [7, 11) is 0. The molecular weight excluding hydrogens is 295 g/mol. The number of hydrogen-bond acceptors (Lipinski definition) is 2. The molecule has 21 heavy (non-hydrogen) atoms. The molecule has 3 aromatic carbocycles. The average molecular weight is 310 g/mol. The first kappa shape index (κ1) is 14.2. The Morgan fingerprint density at radius 1 is 0.571 bits per heavy atom. The molecule has 0 heterocycles. The van der Waals surface area contributed by atoms with E-state index in [1.54, 1.807) is 0 Å². The van der Waals surface area contributed by atoms with Crippen LogP contribution in [0.25, 0.3) is 0 Å². The molecule has 3 heteroatoms. The maximum atomic E-state index is 13.7. The number of rotatable bonds is 4. The number of hydrogen-bond donors (Lipinski definition) is 0. The van der Waals surface area contributed by atoms with Gasteiger partial charge < -0.3 is 4.57 Å². The summed E-state index contributed by atoms with van der Waals surface area (Å²) in [6, 6.07) is 29.4. The van der Waals surface area contributed by atoms with E-state index in [2.05, 4.69) is 0 Å². The van der Waals surface area contributed by atoms with Crippen LogP contribution in [0.15, 0.2) is 95.9 Å². The van der Waals surface area contributed by atoms with Crippen molar-refractivity contribution in [1.29, 1.82) is 0 Å². The third-order valence-electron chi connectivity index (χ3n) is 3.17. The van der Waals surface area contributed by atoms with Crippen LogP contribution in [-0.2, 0) is 4.57 Å². The molecule has 3 aromatic rings. The highest BCUT2D eigenvalue weighted by Crippen LogP contribution is 2.59. The lowest BCUT2D eigenvalue weighted by Gasteiger charge is -2.18. The zero-order valence-corrected chi connectivity index (χ0v) is 13.1. The second kappa shape index (κ2) is 6.34. The maximum absolute atomic E-state index is 13.7. The molecule has 0 aliphatic carbocycles. The maximum Gasteiger partial charge on any atom is 0.199 e. The summed E-state index contributed by atoms with van der Waals surface area (Å²) in [6.07, 6.45) is -2.73. The van der Waals surface area contributed by atoms with E-state index < -0.39 is 6.34 Å². The molecule has 0 aliphatic heterocycles. The highest BCUT2D eigenvalue weighted by molar-refractivity contribution is 8.62. The minimum absolute atomic E-state index is 0.880. The van der Waals surface area contributed by atoms with E-state index >= 15 is 0 Å². The lowest BCUT2D eigenvalue weighted by Crippen LogP contribution is -2.13. The molecule has 0 aromatic heterocycles. The molecule has 3 rings (SSSR count). The molecule has 0 saturated heterocycles. The van der Waals surface area contributed by atoms with Crippen LogP contribution < -0.4 is 10.6 Å². The van der Waals surface area contributed by atoms with E-state index in [0.717, 1.165) is 15.5 Å². The van der Waals surface area contributed by atoms with Crippen molar-refractivity contribution in [3.63, 3.8) is 0 Å². The monoisotopic (exact) mass is 310 g/mol. The molecule has 0 bridgehead atoms. The molecule has 0 aliphatic rings. The predicted octanol–water partition coefficient (Wildman–Crippen LogP) is 4.71. The van der Waals surface area contributed by atoms with E-state index in [1.165, 1.54) is 11.4 Å². The summed E-state index contributed by atoms with van der Waals surface area (Å²) in [5.74, 6) is 0. The van der Waals surface area contributed by atoms with Gasteiger partial charge in [0.1, 0.15) is 0 Å². The summed E-state index contributed by atoms with van der Waals surface area (Å²) in [6.45, 7) is 0. The molecule has 0 N–H and O–H groups in total. The van der Waals surface area contributed by atoms with Crippen molar-refractivity contribution in [3.8, 4) is 0 Å². The molecule has 0 atom stereocenters. The van der Waals surface area contributed by atoms with Crippen LogP contribution in [0, 0.1) is 0 Å². The van der Waals surface area contributed by atoms with Crippen LogP contribution in [0.1, 0.15) is 0 Å². The summed E-state index contributed by atoms with van der Waals surface area (Å²) in [4.78, 5) is 1.02. The smallest absolute Gasteiger partial charge is 0.199 e. The molecule has 0 fully saturated rings. The van der Waals surface area contributed by atoms with Gasteiger partial charge in [0.2, 0.25) is 0 Å². The van der Waals surface area contributed by atoms with Gasteiger partial charge in [0, 0.05) is 15.5 Å². The molecule has 104 valence electrons. The summed E-state index contributed by atoms with van der Waals surface area (Å²) >= 11 is 1.45. The molecule has 0 amide bonds. The topological polar surface area (TPSA) is 17.1 Å². The van der Waals surface area contributed by atoms with E-state index in [-0.39, 0.29) is 0 Å². The predicted molar refractivity (Wildman–Crippen MR) is 92.1 cm³/mol. The van der Waals surface area contributed by atoms with Gasteiger partial charge in [0.15, 0.2) is 6.34 Å². The molecule has 0 saturated carbocycles. The average Bonchev–Trinajstić information content (AvgIpc) is 2.57. The molecule has 1 nitrogen and oxygen atoms in total. The van der Waals surface area contributed by atoms with E-state index in [1.807, 2.05) is 91.0 Å². The summed E-state index contributed by atoms with van der Waals surface area (Å²) in [5.41, 5.74) is 0. The Hall–Kier alpha value is -1.76. The van der Waals surface area contributed by atoms with Crippen molar-refractivity contribution in [1.82, 2.24) is 0 Å². The summed E-state index contributed by atoms with van der Waals surface area (Å²) in [5, 5.41) is 1.76. The third-order valence-corrected chi connectivity index (χ3v) is 8.53. The fourth-order valence-corrected chi connectivity index (χ4v) is 6.97. The highest BCUT2D eigenvalue weighted by Gasteiger charge is 2.28. The molecular formula is C18H15OPS. The Balaban J connectivity index is 2.10. The lowest BCUT2D eigenvalue weighted by atomic mass is 10.4. The SMILES string of the molecule is O=P(Sc1ccccc1)(c1ccccc1)c1ccccc1. The van der Waals surface area contributed by atoms with Gasteiger partial charge in [-0.15, -0.1) is 0 Å². The molecule has 0 radical (unpaired) electrons. The van der Waals surface area contributed by atoms with Crippen LogP contribution in [0.4, 0.5) is 0 Å². The summed E-state index contributed by atoms with van der Waals surface area (Å²) < 4.78 is 13.7. The zero-order valence-electron chi connectivity index (χ0n) is 11.4. The normalized spacial score (nSPS) is 11.2. The van der Waals surface area contributed by atoms with Gasteiger partial charge >= 0.3 is 0 Å². The van der Waals surface area contributed by atoms with Crippen molar-refractivity contribution in [3.05, 3.63) is 91.0 Å². The Bertz CT molecular complexity index is 698. The second-order valence-corrected chi connectivity index (χ2v) is 9.51. The van der Waals surface area contributed by atoms with E-state index in [9.17, 15) is 4.57 Å². The van der Waals surface area contributed by atoms with Crippen molar-refractivity contribution in [2.45, 2.75) is 4.90 Å². The first-order chi connectivity index (χ1) is 10.3. The van der Waals surface area contributed by atoms with Gasteiger partial charge in [-0.05, 0) is 12.1 Å². The minimum Gasteiger partial charge on any atom is -0.302 e. The van der Waals surface area contributed by atoms with E-state index in [0.29, 0.717) is 0 Å². The van der Waals surface area contributed by atoms with Crippen LogP contribution in [0.3, 0.4) is 0 Å². The van der Waals surface area contributed by atoms with Gasteiger partial charge in [-0.3, -0.25) is 0 Å². The van der Waals surface area contributed by atoms with Gasteiger partial charge in [-0.1, -0.05) is 90.2 Å². The lowest BCUT2D eigenvalue weighted by molar-refractivity contribution is 0.595.